The van der Waals surface area contributed by atoms with E-state index in [1.165, 1.54) is 23.9 Å². The van der Waals surface area contributed by atoms with Crippen LogP contribution < -0.4 is 0 Å². The summed E-state index contributed by atoms with van der Waals surface area (Å²) in [4.78, 5) is 10.3. The lowest BCUT2D eigenvalue weighted by Crippen LogP contribution is -1.99. The zero-order chi connectivity index (χ0) is 16.7. The number of hydrogen-bond acceptors (Lipinski definition) is 6. The van der Waals surface area contributed by atoms with Crippen LogP contribution in [0, 0.1) is 17.0 Å². The second-order valence-electron chi connectivity index (χ2n) is 5.30. The van der Waals surface area contributed by atoms with Crippen molar-refractivity contribution in [3.63, 3.8) is 0 Å². The van der Waals surface area contributed by atoms with E-state index < -0.39 is 4.92 Å². The van der Waals surface area contributed by atoms with Crippen molar-refractivity contribution in [2.24, 2.45) is 0 Å². The Balaban J connectivity index is 1.65. The number of nitrogens with zero attached hydrogens (tertiary/aromatic N) is 4. The van der Waals surface area contributed by atoms with Crippen molar-refractivity contribution >= 4 is 34.1 Å². The van der Waals surface area contributed by atoms with Gasteiger partial charge in [0.1, 0.15) is 10.9 Å². The van der Waals surface area contributed by atoms with Crippen LogP contribution in [0.3, 0.4) is 0 Å². The van der Waals surface area contributed by atoms with E-state index in [-0.39, 0.29) is 5.69 Å². The van der Waals surface area contributed by atoms with E-state index in [0.29, 0.717) is 5.75 Å². The molecule has 0 aliphatic carbocycles. The number of non-ortho nitro benzene ring substituents is 1. The number of nitro benzene ring substituents is 1. The molecule has 4 aromatic rings. The maximum atomic E-state index is 10.7. The van der Waals surface area contributed by atoms with E-state index in [4.69, 9.17) is 4.42 Å². The third-order valence-corrected chi connectivity index (χ3v) is 4.82. The van der Waals surface area contributed by atoms with Crippen LogP contribution >= 0.6 is 11.8 Å². The summed E-state index contributed by atoms with van der Waals surface area (Å²) in [6.45, 7) is 1.90. The van der Waals surface area contributed by atoms with Gasteiger partial charge in [-0.1, -0.05) is 23.9 Å². The second-order valence-corrected chi connectivity index (χ2v) is 6.26. The van der Waals surface area contributed by atoms with E-state index in [9.17, 15) is 10.1 Å². The third-order valence-electron chi connectivity index (χ3n) is 3.77. The minimum atomic E-state index is -0.401. The fourth-order valence-corrected chi connectivity index (χ4v) is 3.51. The van der Waals surface area contributed by atoms with Gasteiger partial charge in [-0.2, -0.15) is 0 Å². The number of nitro groups is 1. The lowest BCUT2D eigenvalue weighted by atomic mass is 10.2. The van der Waals surface area contributed by atoms with Crippen LogP contribution in [-0.4, -0.2) is 19.5 Å². The number of rotatable bonds is 4. The van der Waals surface area contributed by atoms with Crippen LogP contribution in [0.4, 0.5) is 5.69 Å². The number of furan rings is 1. The Morgan fingerprint density at radius 1 is 1.21 bits per heavy atom. The highest BCUT2D eigenvalue weighted by molar-refractivity contribution is 7.98. The van der Waals surface area contributed by atoms with Gasteiger partial charge in [0.05, 0.1) is 22.2 Å². The van der Waals surface area contributed by atoms with Crippen molar-refractivity contribution in [2.75, 3.05) is 0 Å². The molecule has 0 spiro atoms. The molecule has 1 aromatic carbocycles. The maximum Gasteiger partial charge on any atom is 0.269 e. The van der Waals surface area contributed by atoms with Gasteiger partial charge in [0, 0.05) is 30.0 Å². The SMILES string of the molecule is Cc1nnc(SCc2ccc([N+](=O)[O-])cc2)c2cc3occc3n12. The Hall–Kier alpha value is -2.87. The lowest BCUT2D eigenvalue weighted by Gasteiger charge is -2.05. The summed E-state index contributed by atoms with van der Waals surface area (Å²) < 4.78 is 7.48. The van der Waals surface area contributed by atoms with Crippen molar-refractivity contribution in [1.29, 1.82) is 0 Å². The van der Waals surface area contributed by atoms with Crippen molar-refractivity contribution < 1.29 is 9.34 Å². The molecule has 0 unspecified atom stereocenters. The Bertz CT molecular complexity index is 1050. The van der Waals surface area contributed by atoms with Gasteiger partial charge in [0.25, 0.3) is 5.69 Å². The first kappa shape index (κ1) is 14.7. The summed E-state index contributed by atoms with van der Waals surface area (Å²) in [5, 5.41) is 20.0. The van der Waals surface area contributed by atoms with Gasteiger partial charge in [-0.25, -0.2) is 0 Å². The van der Waals surface area contributed by atoms with Gasteiger partial charge >= 0.3 is 0 Å². The van der Waals surface area contributed by atoms with E-state index in [0.717, 1.165) is 33.0 Å². The number of benzene rings is 1. The van der Waals surface area contributed by atoms with E-state index in [2.05, 4.69) is 10.2 Å². The Morgan fingerprint density at radius 3 is 2.75 bits per heavy atom. The Morgan fingerprint density at radius 2 is 2.00 bits per heavy atom. The van der Waals surface area contributed by atoms with Gasteiger partial charge in [0.2, 0.25) is 0 Å². The maximum absolute atomic E-state index is 10.7. The summed E-state index contributed by atoms with van der Waals surface area (Å²) in [6.07, 6.45) is 1.65. The largest absolute Gasteiger partial charge is 0.463 e. The minimum absolute atomic E-state index is 0.0909. The minimum Gasteiger partial charge on any atom is -0.463 e. The molecular formula is C16H12N4O3S. The fraction of sp³-hybridized carbons (Fsp3) is 0.125. The molecule has 0 saturated carbocycles. The van der Waals surface area contributed by atoms with Crippen LogP contribution in [0.25, 0.3) is 16.6 Å². The molecule has 0 fully saturated rings. The van der Waals surface area contributed by atoms with Gasteiger partial charge < -0.3 is 4.42 Å². The first-order valence-electron chi connectivity index (χ1n) is 7.21. The van der Waals surface area contributed by atoms with Crippen molar-refractivity contribution in [2.45, 2.75) is 17.7 Å². The molecule has 0 atom stereocenters. The zero-order valence-electron chi connectivity index (χ0n) is 12.7. The second kappa shape index (κ2) is 5.64. The van der Waals surface area contributed by atoms with Gasteiger partial charge in [0.15, 0.2) is 5.58 Å². The molecule has 120 valence electrons. The monoisotopic (exact) mass is 340 g/mol. The van der Waals surface area contributed by atoms with Crippen LogP contribution in [0.2, 0.25) is 0 Å². The third kappa shape index (κ3) is 2.41. The summed E-state index contributed by atoms with van der Waals surface area (Å²) in [7, 11) is 0. The Labute approximate surface area is 140 Å². The molecule has 0 aliphatic rings. The average molecular weight is 340 g/mol. The van der Waals surface area contributed by atoms with Crippen molar-refractivity contribution in [3.8, 4) is 0 Å². The van der Waals surface area contributed by atoms with Crippen LogP contribution in [0.5, 0.6) is 0 Å². The molecule has 3 aromatic heterocycles. The molecular weight excluding hydrogens is 328 g/mol. The molecule has 0 N–H and O–H groups in total. The summed E-state index contributed by atoms with van der Waals surface area (Å²) in [5.74, 6) is 1.44. The molecule has 0 aliphatic heterocycles. The van der Waals surface area contributed by atoms with Gasteiger partial charge in [-0.3, -0.25) is 14.5 Å². The zero-order valence-corrected chi connectivity index (χ0v) is 13.5. The first-order chi connectivity index (χ1) is 11.6. The van der Waals surface area contributed by atoms with E-state index >= 15 is 0 Å². The highest BCUT2D eigenvalue weighted by Crippen LogP contribution is 2.30. The van der Waals surface area contributed by atoms with E-state index in [1.807, 2.05) is 23.5 Å². The van der Waals surface area contributed by atoms with Gasteiger partial charge in [-0.15, -0.1) is 10.2 Å². The summed E-state index contributed by atoms with van der Waals surface area (Å²) in [6, 6.07) is 10.4. The average Bonchev–Trinajstić information content (AvgIpc) is 3.16. The predicted octanol–water partition coefficient (Wildman–Crippen LogP) is 3.98. The van der Waals surface area contributed by atoms with Crippen molar-refractivity contribution in [1.82, 2.24) is 14.6 Å². The lowest BCUT2D eigenvalue weighted by molar-refractivity contribution is -0.384. The predicted molar refractivity (Wildman–Crippen MR) is 90.2 cm³/mol. The highest BCUT2D eigenvalue weighted by atomic mass is 32.2. The van der Waals surface area contributed by atoms with Crippen LogP contribution in [0.15, 0.2) is 52.1 Å². The molecule has 24 heavy (non-hydrogen) atoms. The number of thioether (sulfide) groups is 1. The number of fused-ring (bicyclic) bond motifs is 3. The Kier molecular flexibility index (Phi) is 3.46. The molecule has 8 heteroatoms. The normalized spacial score (nSPS) is 11.4. The van der Waals surface area contributed by atoms with Gasteiger partial charge in [-0.05, 0) is 12.5 Å². The smallest absolute Gasteiger partial charge is 0.269 e. The van der Waals surface area contributed by atoms with E-state index in [1.54, 1.807) is 18.4 Å². The number of aromatic nitrogens is 3. The molecule has 0 amide bonds. The molecule has 0 radical (unpaired) electrons. The topological polar surface area (TPSA) is 86.5 Å². The number of hydrogen-bond donors (Lipinski definition) is 0. The quantitative estimate of drug-likeness (QED) is 0.317. The standard InChI is InChI=1S/C16H12N4O3S/c1-10-17-18-16(14-8-15-13(19(10)14)6-7-23-15)24-9-11-2-4-12(5-3-11)20(21)22/h2-8H,9H2,1H3. The molecule has 7 nitrogen and oxygen atoms in total. The summed E-state index contributed by atoms with van der Waals surface area (Å²) >= 11 is 1.54. The fourth-order valence-electron chi connectivity index (χ4n) is 2.61. The molecule has 4 rings (SSSR count). The van der Waals surface area contributed by atoms with Crippen LogP contribution in [-0.2, 0) is 5.75 Å². The molecule has 0 saturated heterocycles. The number of aryl methyl sites for hydroxylation is 1. The first-order valence-corrected chi connectivity index (χ1v) is 8.20. The molecule has 0 bridgehead atoms. The van der Waals surface area contributed by atoms with Crippen LogP contribution in [0.1, 0.15) is 11.4 Å². The summed E-state index contributed by atoms with van der Waals surface area (Å²) in [5.41, 5.74) is 3.79. The highest BCUT2D eigenvalue weighted by Gasteiger charge is 2.14. The molecule has 3 heterocycles. The van der Waals surface area contributed by atoms with Crippen molar-refractivity contribution in [3.05, 3.63) is 64.2 Å².